The third kappa shape index (κ3) is 3.53. The Morgan fingerprint density at radius 2 is 1.83 bits per heavy atom. The first-order valence-electron chi connectivity index (χ1n) is 9.32. The van der Waals surface area contributed by atoms with E-state index < -0.39 is 17.7 Å². The molecule has 30 heavy (non-hydrogen) atoms. The number of ether oxygens (including phenoxy) is 1. The molecule has 150 valence electrons. The fraction of sp³-hybridized carbons (Fsp3) is 0.130. The number of aromatic nitrogens is 2. The monoisotopic (exact) mass is 401 g/mol. The molecule has 4 rings (SSSR count). The van der Waals surface area contributed by atoms with E-state index in [0.717, 1.165) is 5.56 Å². The van der Waals surface area contributed by atoms with Gasteiger partial charge in [0.1, 0.15) is 11.5 Å². The van der Waals surface area contributed by atoms with Crippen molar-refractivity contribution >= 4 is 17.4 Å². The number of hydrogen-bond acceptors (Lipinski definition) is 6. The van der Waals surface area contributed by atoms with E-state index in [1.54, 1.807) is 67.3 Å². The SMILES string of the molecule is COc1cccc(/C(O)=C2\C(=O)C(=O)N(Cc3cccnc3)[C@@H]2c2cccnc2)c1. The topological polar surface area (TPSA) is 92.6 Å². The molecule has 2 aromatic heterocycles. The summed E-state index contributed by atoms with van der Waals surface area (Å²) in [6.07, 6.45) is 6.48. The maximum atomic E-state index is 13.0. The van der Waals surface area contributed by atoms with Gasteiger partial charge in [-0.25, -0.2) is 0 Å². The van der Waals surface area contributed by atoms with E-state index in [-0.39, 0.29) is 17.9 Å². The number of likely N-dealkylation sites (tertiary alicyclic amines) is 1. The van der Waals surface area contributed by atoms with Crippen LogP contribution in [0.4, 0.5) is 0 Å². The first kappa shape index (κ1) is 19.3. The van der Waals surface area contributed by atoms with Crippen LogP contribution in [0.3, 0.4) is 0 Å². The number of pyridine rings is 2. The van der Waals surface area contributed by atoms with Crippen molar-refractivity contribution in [3.05, 3.63) is 95.6 Å². The van der Waals surface area contributed by atoms with Crippen molar-refractivity contribution in [3.8, 4) is 5.75 Å². The van der Waals surface area contributed by atoms with Crippen molar-refractivity contribution in [2.45, 2.75) is 12.6 Å². The highest BCUT2D eigenvalue weighted by Crippen LogP contribution is 2.40. The van der Waals surface area contributed by atoms with Gasteiger partial charge in [-0.2, -0.15) is 0 Å². The number of carbonyl (C=O) groups is 2. The minimum absolute atomic E-state index is 0.0187. The van der Waals surface area contributed by atoms with Gasteiger partial charge in [-0.05, 0) is 35.4 Å². The average molecular weight is 401 g/mol. The van der Waals surface area contributed by atoms with E-state index in [1.807, 2.05) is 6.07 Å². The molecular formula is C23H19N3O4. The second-order valence-electron chi connectivity index (χ2n) is 6.81. The molecule has 0 spiro atoms. The zero-order valence-corrected chi connectivity index (χ0v) is 16.2. The van der Waals surface area contributed by atoms with Gasteiger partial charge in [-0.3, -0.25) is 19.6 Å². The summed E-state index contributed by atoms with van der Waals surface area (Å²) in [4.78, 5) is 35.6. The standard InChI is InChI=1S/C23H19N3O4/c1-30-18-8-2-6-16(11-18)21(27)19-20(17-7-4-10-25-13-17)26(23(29)22(19)28)14-15-5-3-9-24-12-15/h2-13,20,27H,14H2,1H3/b21-19+/t20-/m1/s1. The molecule has 7 heteroatoms. The number of carbonyl (C=O) groups excluding carboxylic acids is 2. The molecular weight excluding hydrogens is 382 g/mol. The molecule has 0 unspecified atom stereocenters. The summed E-state index contributed by atoms with van der Waals surface area (Å²) in [6, 6.07) is 13.0. The summed E-state index contributed by atoms with van der Waals surface area (Å²) in [5.74, 6) is -1.15. The molecule has 1 aliphatic heterocycles. The van der Waals surface area contributed by atoms with Crippen molar-refractivity contribution in [2.24, 2.45) is 0 Å². The molecule has 1 atom stereocenters. The van der Waals surface area contributed by atoms with Gasteiger partial charge < -0.3 is 14.7 Å². The van der Waals surface area contributed by atoms with Gasteiger partial charge in [0.15, 0.2) is 0 Å². The van der Waals surface area contributed by atoms with Gasteiger partial charge >= 0.3 is 0 Å². The second-order valence-corrected chi connectivity index (χ2v) is 6.81. The summed E-state index contributed by atoms with van der Waals surface area (Å²) >= 11 is 0. The van der Waals surface area contributed by atoms with Crippen LogP contribution in [-0.4, -0.2) is 38.8 Å². The lowest BCUT2D eigenvalue weighted by atomic mass is 9.96. The van der Waals surface area contributed by atoms with E-state index in [2.05, 4.69) is 9.97 Å². The minimum atomic E-state index is -0.773. The van der Waals surface area contributed by atoms with Gasteiger partial charge in [0.05, 0.1) is 18.7 Å². The van der Waals surface area contributed by atoms with Gasteiger partial charge in [-0.1, -0.05) is 24.3 Å². The van der Waals surface area contributed by atoms with Crippen LogP contribution in [0.5, 0.6) is 5.75 Å². The number of amides is 1. The van der Waals surface area contributed by atoms with Crippen LogP contribution in [0.2, 0.25) is 0 Å². The summed E-state index contributed by atoms with van der Waals surface area (Å²) in [5.41, 5.74) is 1.81. The number of nitrogens with zero attached hydrogens (tertiary/aromatic N) is 3. The molecule has 1 N–H and O–H groups in total. The maximum absolute atomic E-state index is 13.0. The van der Waals surface area contributed by atoms with Crippen molar-refractivity contribution in [2.75, 3.05) is 7.11 Å². The Labute approximate surface area is 173 Å². The summed E-state index contributed by atoms with van der Waals surface area (Å²) in [7, 11) is 1.52. The van der Waals surface area contributed by atoms with Gasteiger partial charge in [0.25, 0.3) is 11.7 Å². The molecule has 1 amide bonds. The average Bonchev–Trinajstić information content (AvgIpc) is 3.05. The molecule has 0 saturated carbocycles. The molecule has 3 aromatic rings. The lowest BCUT2D eigenvalue weighted by Gasteiger charge is -2.25. The van der Waals surface area contributed by atoms with Crippen LogP contribution in [0.15, 0.2) is 78.9 Å². The van der Waals surface area contributed by atoms with E-state index in [9.17, 15) is 14.7 Å². The third-order valence-corrected chi connectivity index (χ3v) is 4.96. The smallest absolute Gasteiger partial charge is 0.295 e. The summed E-state index contributed by atoms with van der Waals surface area (Å²) in [5, 5.41) is 11.0. The number of methoxy groups -OCH3 is 1. The largest absolute Gasteiger partial charge is 0.507 e. The van der Waals surface area contributed by atoms with Crippen LogP contribution in [0.1, 0.15) is 22.7 Å². The van der Waals surface area contributed by atoms with Crippen molar-refractivity contribution in [1.29, 1.82) is 0 Å². The van der Waals surface area contributed by atoms with E-state index >= 15 is 0 Å². The second kappa shape index (κ2) is 8.16. The molecule has 1 aromatic carbocycles. The molecule has 1 fully saturated rings. The van der Waals surface area contributed by atoms with Crippen LogP contribution in [-0.2, 0) is 16.1 Å². The molecule has 0 aliphatic carbocycles. The maximum Gasteiger partial charge on any atom is 0.295 e. The Bertz CT molecular complexity index is 1110. The first-order valence-corrected chi connectivity index (χ1v) is 9.32. The predicted molar refractivity (Wildman–Crippen MR) is 109 cm³/mol. The summed E-state index contributed by atoms with van der Waals surface area (Å²) < 4.78 is 5.21. The molecule has 1 saturated heterocycles. The number of aliphatic hydroxyl groups excluding tert-OH is 1. The molecule has 0 bridgehead atoms. The van der Waals surface area contributed by atoms with Crippen LogP contribution in [0.25, 0.3) is 5.76 Å². The van der Waals surface area contributed by atoms with Crippen molar-refractivity contribution < 1.29 is 19.4 Å². The first-order chi connectivity index (χ1) is 14.6. The number of aliphatic hydroxyl groups is 1. The minimum Gasteiger partial charge on any atom is -0.507 e. The Morgan fingerprint density at radius 3 is 2.50 bits per heavy atom. The fourth-order valence-corrected chi connectivity index (χ4v) is 3.54. The van der Waals surface area contributed by atoms with Crippen molar-refractivity contribution in [3.63, 3.8) is 0 Å². The van der Waals surface area contributed by atoms with Gasteiger partial charge in [0, 0.05) is 36.9 Å². The van der Waals surface area contributed by atoms with Crippen molar-refractivity contribution in [1.82, 2.24) is 14.9 Å². The number of rotatable bonds is 5. The van der Waals surface area contributed by atoms with E-state index in [0.29, 0.717) is 16.9 Å². The summed E-state index contributed by atoms with van der Waals surface area (Å²) in [6.45, 7) is 0.173. The molecule has 3 heterocycles. The molecule has 7 nitrogen and oxygen atoms in total. The van der Waals surface area contributed by atoms with Crippen LogP contribution < -0.4 is 4.74 Å². The highest BCUT2D eigenvalue weighted by Gasteiger charge is 2.46. The van der Waals surface area contributed by atoms with Gasteiger partial charge in [-0.15, -0.1) is 0 Å². The van der Waals surface area contributed by atoms with Crippen LogP contribution in [0, 0.1) is 0 Å². The van der Waals surface area contributed by atoms with E-state index in [1.165, 1.54) is 12.0 Å². The lowest BCUT2D eigenvalue weighted by molar-refractivity contribution is -0.140. The highest BCUT2D eigenvalue weighted by molar-refractivity contribution is 6.46. The zero-order chi connectivity index (χ0) is 21.1. The quantitative estimate of drug-likeness (QED) is 0.401. The fourth-order valence-electron chi connectivity index (χ4n) is 3.54. The Hall–Kier alpha value is -4.00. The molecule has 0 radical (unpaired) electrons. The lowest BCUT2D eigenvalue weighted by Crippen LogP contribution is -2.29. The normalized spacial score (nSPS) is 17.9. The Morgan fingerprint density at radius 1 is 1.07 bits per heavy atom. The highest BCUT2D eigenvalue weighted by atomic mass is 16.5. The Kier molecular flexibility index (Phi) is 5.26. The van der Waals surface area contributed by atoms with Crippen LogP contribution >= 0.6 is 0 Å². The molecule has 1 aliphatic rings. The van der Waals surface area contributed by atoms with Gasteiger partial charge in [0.2, 0.25) is 0 Å². The van der Waals surface area contributed by atoms with E-state index in [4.69, 9.17) is 4.74 Å². The number of hydrogen-bond donors (Lipinski definition) is 1. The number of benzene rings is 1. The predicted octanol–water partition coefficient (Wildman–Crippen LogP) is 3.11. The zero-order valence-electron chi connectivity index (χ0n) is 16.2. The number of ketones is 1. The number of Topliss-reactive ketones (excluding diaryl/α,β-unsaturated/α-hetero) is 1. The Balaban J connectivity index is 1.85. The third-order valence-electron chi connectivity index (χ3n) is 4.96.